The van der Waals surface area contributed by atoms with Gasteiger partial charge in [0.1, 0.15) is 0 Å². The van der Waals surface area contributed by atoms with E-state index in [-0.39, 0.29) is 23.7 Å². The van der Waals surface area contributed by atoms with Crippen LogP contribution in [0.25, 0.3) is 0 Å². The predicted octanol–water partition coefficient (Wildman–Crippen LogP) is 1.72. The third-order valence-electron chi connectivity index (χ3n) is 5.68. The molecular formula is C22H27N5O2. The Morgan fingerprint density at radius 1 is 0.966 bits per heavy atom. The zero-order valence-corrected chi connectivity index (χ0v) is 16.7. The second-order valence-corrected chi connectivity index (χ2v) is 7.85. The van der Waals surface area contributed by atoms with Gasteiger partial charge in [-0.3, -0.25) is 14.6 Å². The number of hydrogen-bond donors (Lipinski definition) is 2. The zero-order valence-electron chi connectivity index (χ0n) is 16.7. The Morgan fingerprint density at radius 2 is 1.62 bits per heavy atom. The molecule has 0 bridgehead atoms. The van der Waals surface area contributed by atoms with Crippen LogP contribution < -0.4 is 15.5 Å². The lowest BCUT2D eigenvalue weighted by atomic mass is 10.2. The van der Waals surface area contributed by atoms with Crippen LogP contribution in [0.2, 0.25) is 0 Å². The molecule has 2 aromatic rings. The fourth-order valence-corrected chi connectivity index (χ4v) is 3.65. The SMILES string of the molecule is CN1CCN(c2ccc(NC(=O)C3CC3C(=O)NCc3ccncc3)cc2)CC1. The van der Waals surface area contributed by atoms with Crippen molar-refractivity contribution in [3.05, 3.63) is 54.4 Å². The number of rotatable bonds is 6. The molecule has 2 unspecified atom stereocenters. The molecular weight excluding hydrogens is 366 g/mol. The first-order chi connectivity index (χ1) is 14.1. The molecule has 2 heterocycles. The van der Waals surface area contributed by atoms with Crippen molar-refractivity contribution in [2.45, 2.75) is 13.0 Å². The quantitative estimate of drug-likeness (QED) is 0.782. The fourth-order valence-electron chi connectivity index (χ4n) is 3.65. The minimum atomic E-state index is -0.246. The number of nitrogens with zero attached hydrogens (tertiary/aromatic N) is 3. The van der Waals surface area contributed by atoms with E-state index in [9.17, 15) is 9.59 Å². The van der Waals surface area contributed by atoms with Gasteiger partial charge >= 0.3 is 0 Å². The Morgan fingerprint density at radius 3 is 2.31 bits per heavy atom. The van der Waals surface area contributed by atoms with Crippen molar-refractivity contribution in [1.82, 2.24) is 15.2 Å². The topological polar surface area (TPSA) is 77.6 Å². The van der Waals surface area contributed by atoms with E-state index in [2.05, 4.69) is 32.5 Å². The molecule has 1 saturated carbocycles. The van der Waals surface area contributed by atoms with Crippen LogP contribution in [0.4, 0.5) is 11.4 Å². The van der Waals surface area contributed by atoms with Crippen LogP contribution in [0.5, 0.6) is 0 Å². The molecule has 2 fully saturated rings. The van der Waals surface area contributed by atoms with Gasteiger partial charge in [0.2, 0.25) is 11.8 Å². The summed E-state index contributed by atoms with van der Waals surface area (Å²) in [6, 6.07) is 11.7. The molecule has 0 spiro atoms. The molecule has 1 aliphatic carbocycles. The number of carbonyl (C=O) groups excluding carboxylic acids is 2. The predicted molar refractivity (Wildman–Crippen MR) is 112 cm³/mol. The zero-order chi connectivity index (χ0) is 20.2. The van der Waals surface area contributed by atoms with E-state index in [0.717, 1.165) is 37.4 Å². The average molecular weight is 393 g/mol. The standard InChI is InChI=1S/C22H27N5O2/c1-26-10-12-27(13-11-26)18-4-2-17(3-5-18)25-22(29)20-14-19(20)21(28)24-15-16-6-8-23-9-7-16/h2-9,19-20H,10-15H2,1H3,(H,24,28)(H,25,29). The van der Waals surface area contributed by atoms with E-state index < -0.39 is 0 Å². The lowest BCUT2D eigenvalue weighted by Crippen LogP contribution is -2.44. The maximum Gasteiger partial charge on any atom is 0.228 e. The summed E-state index contributed by atoms with van der Waals surface area (Å²) < 4.78 is 0. The van der Waals surface area contributed by atoms with Crippen LogP contribution in [0.1, 0.15) is 12.0 Å². The van der Waals surface area contributed by atoms with Gasteiger partial charge in [-0.25, -0.2) is 0 Å². The minimum absolute atomic E-state index is 0.0626. The molecule has 2 amide bonds. The van der Waals surface area contributed by atoms with E-state index in [1.54, 1.807) is 12.4 Å². The van der Waals surface area contributed by atoms with Crippen molar-refractivity contribution in [1.29, 1.82) is 0 Å². The number of amides is 2. The summed E-state index contributed by atoms with van der Waals surface area (Å²) in [6.45, 7) is 4.61. The van der Waals surface area contributed by atoms with E-state index in [1.165, 1.54) is 5.69 Å². The average Bonchev–Trinajstić information content (AvgIpc) is 3.55. The van der Waals surface area contributed by atoms with Crippen LogP contribution in [-0.4, -0.2) is 54.9 Å². The molecule has 0 radical (unpaired) electrons. The summed E-state index contributed by atoms with van der Waals surface area (Å²) in [6.07, 6.45) is 4.00. The number of benzene rings is 1. The first-order valence-electron chi connectivity index (χ1n) is 10.1. The van der Waals surface area contributed by atoms with Crippen molar-refractivity contribution in [2.24, 2.45) is 11.8 Å². The Bertz CT molecular complexity index is 847. The lowest BCUT2D eigenvalue weighted by molar-refractivity contribution is -0.125. The Labute approximate surface area is 171 Å². The normalized spacial score (nSPS) is 21.5. The van der Waals surface area contributed by atoms with E-state index in [0.29, 0.717) is 13.0 Å². The third-order valence-corrected chi connectivity index (χ3v) is 5.68. The molecule has 152 valence electrons. The van der Waals surface area contributed by atoms with Crippen molar-refractivity contribution < 1.29 is 9.59 Å². The summed E-state index contributed by atoms with van der Waals surface area (Å²) >= 11 is 0. The molecule has 2 atom stereocenters. The Hall–Kier alpha value is -2.93. The third kappa shape index (κ3) is 4.92. The summed E-state index contributed by atoms with van der Waals surface area (Å²) in [5, 5.41) is 5.85. The highest BCUT2D eigenvalue weighted by Gasteiger charge is 2.47. The number of pyridine rings is 1. The largest absolute Gasteiger partial charge is 0.369 e. The molecule has 29 heavy (non-hydrogen) atoms. The minimum Gasteiger partial charge on any atom is -0.369 e. The maximum atomic E-state index is 12.5. The van der Waals surface area contributed by atoms with Crippen LogP contribution in [0.3, 0.4) is 0 Å². The highest BCUT2D eigenvalue weighted by atomic mass is 16.2. The number of anilines is 2. The first-order valence-corrected chi connectivity index (χ1v) is 10.1. The number of piperazine rings is 1. The molecule has 7 nitrogen and oxygen atoms in total. The number of aromatic nitrogens is 1. The number of hydrogen-bond acceptors (Lipinski definition) is 5. The molecule has 4 rings (SSSR count). The Balaban J connectivity index is 1.24. The van der Waals surface area contributed by atoms with Crippen LogP contribution in [0.15, 0.2) is 48.8 Å². The van der Waals surface area contributed by atoms with Crippen molar-refractivity contribution >= 4 is 23.2 Å². The van der Waals surface area contributed by atoms with Gasteiger partial charge in [-0.15, -0.1) is 0 Å². The molecule has 2 aliphatic rings. The van der Waals surface area contributed by atoms with E-state index in [4.69, 9.17) is 0 Å². The van der Waals surface area contributed by atoms with Gasteiger partial charge in [-0.2, -0.15) is 0 Å². The number of likely N-dealkylation sites (N-methyl/N-ethyl adjacent to an activating group) is 1. The smallest absolute Gasteiger partial charge is 0.228 e. The van der Waals surface area contributed by atoms with Gasteiger partial charge in [0.25, 0.3) is 0 Å². The van der Waals surface area contributed by atoms with Gasteiger partial charge in [-0.05, 0) is 55.4 Å². The highest BCUT2D eigenvalue weighted by molar-refractivity contribution is 5.99. The molecule has 1 aromatic heterocycles. The van der Waals surface area contributed by atoms with Crippen LogP contribution in [-0.2, 0) is 16.1 Å². The second kappa shape index (κ2) is 8.61. The van der Waals surface area contributed by atoms with Crippen molar-refractivity contribution in [3.63, 3.8) is 0 Å². The fraction of sp³-hybridized carbons (Fsp3) is 0.409. The van der Waals surface area contributed by atoms with Gasteiger partial charge in [0, 0.05) is 56.5 Å². The summed E-state index contributed by atoms with van der Waals surface area (Å²) in [7, 11) is 2.14. The highest BCUT2D eigenvalue weighted by Crippen LogP contribution is 2.39. The molecule has 7 heteroatoms. The summed E-state index contributed by atoms with van der Waals surface area (Å²) in [4.78, 5) is 33.4. The van der Waals surface area contributed by atoms with Gasteiger partial charge in [-0.1, -0.05) is 0 Å². The van der Waals surface area contributed by atoms with Crippen molar-refractivity contribution in [3.8, 4) is 0 Å². The van der Waals surface area contributed by atoms with E-state index >= 15 is 0 Å². The molecule has 1 aromatic carbocycles. The van der Waals surface area contributed by atoms with Gasteiger partial charge in [0.15, 0.2) is 0 Å². The first kappa shape index (κ1) is 19.4. The number of carbonyl (C=O) groups is 2. The molecule has 2 N–H and O–H groups in total. The molecule has 1 saturated heterocycles. The van der Waals surface area contributed by atoms with Crippen LogP contribution in [0, 0.1) is 11.8 Å². The van der Waals surface area contributed by atoms with Crippen molar-refractivity contribution in [2.75, 3.05) is 43.4 Å². The lowest BCUT2D eigenvalue weighted by Gasteiger charge is -2.34. The van der Waals surface area contributed by atoms with Gasteiger partial charge in [0.05, 0.1) is 11.8 Å². The van der Waals surface area contributed by atoms with Gasteiger partial charge < -0.3 is 20.4 Å². The summed E-state index contributed by atoms with van der Waals surface area (Å²) in [5.41, 5.74) is 2.95. The summed E-state index contributed by atoms with van der Waals surface area (Å²) in [5.74, 6) is -0.625. The second-order valence-electron chi connectivity index (χ2n) is 7.85. The monoisotopic (exact) mass is 393 g/mol. The van der Waals surface area contributed by atoms with Crippen LogP contribution >= 0.6 is 0 Å². The van der Waals surface area contributed by atoms with E-state index in [1.807, 2.05) is 36.4 Å². The molecule has 1 aliphatic heterocycles. The maximum absolute atomic E-state index is 12.5. The Kier molecular flexibility index (Phi) is 5.76. The number of nitrogens with one attached hydrogen (secondary N) is 2.